The summed E-state index contributed by atoms with van der Waals surface area (Å²) in [6.45, 7) is 11.3. The fourth-order valence-corrected chi connectivity index (χ4v) is 4.88. The van der Waals surface area contributed by atoms with Crippen LogP contribution in [-0.2, 0) is 20.4 Å². The largest absolute Gasteiger partial charge is 0.481 e. The molecule has 3 rings (SSSR count). The van der Waals surface area contributed by atoms with E-state index in [1.165, 1.54) is 23.1 Å². The standard InChI is InChI=1S/C23H26O3S/c1-14-10-18-19(23(4,5)9-8-22(18,2)3)12-20(14)27-16-6-7-17(21(25)26)15(11-16)13-24/h6-7,10-12,17H,8-9H2,1-5H3,(H,25,26). The molecule has 4 heteroatoms. The monoisotopic (exact) mass is 382 g/mol. The number of hydrogen-bond donors (Lipinski definition) is 1. The van der Waals surface area contributed by atoms with Gasteiger partial charge in [-0.15, -0.1) is 0 Å². The Morgan fingerprint density at radius 3 is 2.30 bits per heavy atom. The number of aryl methyl sites for hydroxylation is 1. The molecule has 0 saturated heterocycles. The van der Waals surface area contributed by atoms with Crippen LogP contribution in [0, 0.1) is 12.8 Å². The van der Waals surface area contributed by atoms with Gasteiger partial charge in [-0.1, -0.05) is 57.7 Å². The van der Waals surface area contributed by atoms with Crippen molar-refractivity contribution in [3.05, 3.63) is 57.5 Å². The molecule has 3 nitrogen and oxygen atoms in total. The van der Waals surface area contributed by atoms with Crippen molar-refractivity contribution in [2.24, 2.45) is 5.92 Å². The maximum atomic E-state index is 11.2. The number of aliphatic carboxylic acids is 1. The SMILES string of the molecule is Cc1cc2c(cc1SC1=CC(=C=O)C(C(=O)O)C=C1)C(C)(C)CCC2(C)C. The first-order valence-corrected chi connectivity index (χ1v) is 10.1. The smallest absolute Gasteiger partial charge is 0.315 e. The topological polar surface area (TPSA) is 54.4 Å². The van der Waals surface area contributed by atoms with Gasteiger partial charge in [-0.05, 0) is 59.4 Å². The Bertz CT molecular complexity index is 912. The zero-order valence-electron chi connectivity index (χ0n) is 16.6. The lowest BCUT2D eigenvalue weighted by molar-refractivity contribution is -0.138. The predicted molar refractivity (Wildman–Crippen MR) is 110 cm³/mol. The van der Waals surface area contributed by atoms with Crippen LogP contribution in [0.15, 0.2) is 45.7 Å². The lowest BCUT2D eigenvalue weighted by Crippen LogP contribution is -2.34. The third-order valence-electron chi connectivity index (χ3n) is 5.85. The van der Waals surface area contributed by atoms with Crippen LogP contribution in [0.4, 0.5) is 0 Å². The molecule has 1 aromatic carbocycles. The van der Waals surface area contributed by atoms with Gasteiger partial charge >= 0.3 is 5.97 Å². The zero-order valence-corrected chi connectivity index (χ0v) is 17.4. The molecule has 0 aromatic heterocycles. The Labute approximate surface area is 165 Å². The average Bonchev–Trinajstić information content (AvgIpc) is 2.60. The number of rotatable bonds is 3. The molecule has 2 aliphatic carbocycles. The van der Waals surface area contributed by atoms with Crippen molar-refractivity contribution < 1.29 is 14.7 Å². The van der Waals surface area contributed by atoms with E-state index in [0.29, 0.717) is 0 Å². The lowest BCUT2D eigenvalue weighted by atomic mass is 9.63. The summed E-state index contributed by atoms with van der Waals surface area (Å²) in [4.78, 5) is 24.4. The highest BCUT2D eigenvalue weighted by Gasteiger charge is 2.37. The fourth-order valence-electron chi connectivity index (χ4n) is 3.90. The number of thioether (sulfide) groups is 1. The summed E-state index contributed by atoms with van der Waals surface area (Å²) in [5.74, 6) is -0.151. The molecule has 27 heavy (non-hydrogen) atoms. The number of benzene rings is 1. The number of fused-ring (bicyclic) bond motifs is 1. The van der Waals surface area contributed by atoms with E-state index in [4.69, 9.17) is 0 Å². The van der Waals surface area contributed by atoms with Crippen molar-refractivity contribution >= 4 is 23.7 Å². The maximum Gasteiger partial charge on any atom is 0.315 e. The predicted octanol–water partition coefficient (Wildman–Crippen LogP) is 5.35. The first-order valence-electron chi connectivity index (χ1n) is 9.26. The Morgan fingerprint density at radius 2 is 1.74 bits per heavy atom. The summed E-state index contributed by atoms with van der Waals surface area (Å²) in [6.07, 6.45) is 7.33. The highest BCUT2D eigenvalue weighted by molar-refractivity contribution is 8.03. The molecular weight excluding hydrogens is 356 g/mol. The van der Waals surface area contributed by atoms with Gasteiger partial charge in [0.05, 0.1) is 5.57 Å². The average molecular weight is 383 g/mol. The summed E-state index contributed by atoms with van der Waals surface area (Å²) in [5, 5.41) is 9.21. The van der Waals surface area contributed by atoms with Crippen molar-refractivity contribution in [3.63, 3.8) is 0 Å². The Kier molecular flexibility index (Phi) is 5.00. The second kappa shape index (κ2) is 6.85. The number of carboxylic acids is 1. The van der Waals surface area contributed by atoms with E-state index >= 15 is 0 Å². The zero-order chi connectivity index (χ0) is 20.0. The molecule has 0 spiro atoms. The maximum absolute atomic E-state index is 11.2. The van der Waals surface area contributed by atoms with Gasteiger partial charge in [-0.2, -0.15) is 0 Å². The van der Waals surface area contributed by atoms with Crippen molar-refractivity contribution in [1.82, 2.24) is 0 Å². The lowest BCUT2D eigenvalue weighted by Gasteiger charge is -2.42. The Morgan fingerprint density at radius 1 is 1.15 bits per heavy atom. The van der Waals surface area contributed by atoms with E-state index in [1.54, 1.807) is 35.9 Å². The minimum Gasteiger partial charge on any atom is -0.481 e. The molecule has 2 aliphatic rings. The van der Waals surface area contributed by atoms with Crippen LogP contribution in [-0.4, -0.2) is 17.0 Å². The summed E-state index contributed by atoms with van der Waals surface area (Å²) in [6, 6.07) is 4.60. The summed E-state index contributed by atoms with van der Waals surface area (Å²) in [5.41, 5.74) is 4.49. The molecule has 0 saturated carbocycles. The summed E-state index contributed by atoms with van der Waals surface area (Å²) < 4.78 is 0. The minimum absolute atomic E-state index is 0.132. The second-order valence-electron chi connectivity index (χ2n) is 8.81. The fraction of sp³-hybridized carbons (Fsp3) is 0.435. The first kappa shape index (κ1) is 19.7. The van der Waals surface area contributed by atoms with Crippen molar-refractivity contribution in [3.8, 4) is 0 Å². The van der Waals surface area contributed by atoms with Crippen LogP contribution in [0.25, 0.3) is 0 Å². The molecule has 142 valence electrons. The molecule has 0 bridgehead atoms. The van der Waals surface area contributed by atoms with Crippen LogP contribution >= 0.6 is 11.8 Å². The Balaban J connectivity index is 1.99. The number of carbonyl (C=O) groups excluding carboxylic acids is 1. The summed E-state index contributed by atoms with van der Waals surface area (Å²) in [7, 11) is 0. The van der Waals surface area contributed by atoms with E-state index in [9.17, 15) is 14.7 Å². The van der Waals surface area contributed by atoms with Gasteiger partial charge in [-0.25, -0.2) is 4.79 Å². The molecule has 0 radical (unpaired) electrons. The highest BCUT2D eigenvalue weighted by Crippen LogP contribution is 2.48. The van der Waals surface area contributed by atoms with Gasteiger partial charge in [0.2, 0.25) is 0 Å². The number of carboxylic acid groups (broad SMARTS) is 1. The van der Waals surface area contributed by atoms with Crippen LogP contribution in [0.2, 0.25) is 0 Å². The van der Waals surface area contributed by atoms with Crippen LogP contribution < -0.4 is 0 Å². The Hall–Kier alpha value is -2.03. The van der Waals surface area contributed by atoms with E-state index in [0.717, 1.165) is 16.2 Å². The molecule has 1 unspecified atom stereocenters. The van der Waals surface area contributed by atoms with Crippen molar-refractivity contribution in [2.75, 3.05) is 0 Å². The van der Waals surface area contributed by atoms with E-state index < -0.39 is 11.9 Å². The number of carbonyl (C=O) groups is 1. The third-order valence-corrected chi connectivity index (χ3v) is 7.00. The van der Waals surface area contributed by atoms with Gasteiger partial charge < -0.3 is 5.11 Å². The second-order valence-corrected chi connectivity index (χ2v) is 9.93. The summed E-state index contributed by atoms with van der Waals surface area (Å²) >= 11 is 1.58. The molecule has 1 N–H and O–H groups in total. The molecule has 0 aliphatic heterocycles. The van der Waals surface area contributed by atoms with Gasteiger partial charge in [0.15, 0.2) is 0 Å². The van der Waals surface area contributed by atoms with Crippen LogP contribution in [0.5, 0.6) is 0 Å². The van der Waals surface area contributed by atoms with Crippen LogP contribution in [0.3, 0.4) is 0 Å². The molecule has 1 atom stereocenters. The van der Waals surface area contributed by atoms with Crippen molar-refractivity contribution in [2.45, 2.75) is 63.2 Å². The number of allylic oxidation sites excluding steroid dienone is 2. The van der Waals surface area contributed by atoms with E-state index in [-0.39, 0.29) is 16.4 Å². The minimum atomic E-state index is -1.03. The molecule has 0 amide bonds. The highest BCUT2D eigenvalue weighted by atomic mass is 32.2. The van der Waals surface area contributed by atoms with Gasteiger partial charge in [-0.3, -0.25) is 4.79 Å². The molecule has 0 fully saturated rings. The van der Waals surface area contributed by atoms with E-state index in [1.807, 2.05) is 0 Å². The van der Waals surface area contributed by atoms with Gasteiger partial charge in [0.25, 0.3) is 0 Å². The van der Waals surface area contributed by atoms with Gasteiger partial charge in [0, 0.05) is 9.80 Å². The van der Waals surface area contributed by atoms with E-state index in [2.05, 4.69) is 46.8 Å². The number of hydrogen-bond acceptors (Lipinski definition) is 3. The molecule has 0 heterocycles. The molecule has 1 aromatic rings. The first-order chi connectivity index (χ1) is 12.5. The van der Waals surface area contributed by atoms with Gasteiger partial charge in [0.1, 0.15) is 11.9 Å². The van der Waals surface area contributed by atoms with Crippen molar-refractivity contribution in [1.29, 1.82) is 0 Å². The quantitative estimate of drug-likeness (QED) is 0.716. The van der Waals surface area contributed by atoms with Crippen LogP contribution in [0.1, 0.15) is 57.2 Å². The molecular formula is C23H26O3S. The third kappa shape index (κ3) is 3.69. The normalized spacial score (nSPS) is 22.6.